The molecule has 3 aromatic carbocycles. The smallest absolute Gasteiger partial charge is 0.0592 e. The third kappa shape index (κ3) is 1.83. The number of rotatable bonds is 3. The minimum absolute atomic E-state index is 0.445. The van der Waals surface area contributed by atoms with E-state index in [1.807, 2.05) is 0 Å². The molecule has 1 heteroatoms. The molecule has 0 aromatic heterocycles. The van der Waals surface area contributed by atoms with Crippen LogP contribution in [0.15, 0.2) is 66.7 Å². The fraction of sp³-hybridized carbons (Fsp3) is 0.111. The van der Waals surface area contributed by atoms with Crippen LogP contribution < -0.4 is 5.32 Å². The fourth-order valence-electron chi connectivity index (χ4n) is 2.83. The van der Waals surface area contributed by atoms with Gasteiger partial charge in [0.25, 0.3) is 0 Å². The van der Waals surface area contributed by atoms with Crippen molar-refractivity contribution in [3.63, 3.8) is 0 Å². The van der Waals surface area contributed by atoms with Gasteiger partial charge in [-0.1, -0.05) is 66.7 Å². The lowest BCUT2D eigenvalue weighted by Crippen LogP contribution is -2.10. The third-order valence-corrected chi connectivity index (χ3v) is 3.87. The van der Waals surface area contributed by atoms with Gasteiger partial charge < -0.3 is 5.32 Å². The Balaban J connectivity index is 1.57. The van der Waals surface area contributed by atoms with Crippen LogP contribution in [0.25, 0.3) is 10.8 Å². The van der Waals surface area contributed by atoms with Crippen molar-refractivity contribution in [2.45, 2.75) is 12.6 Å². The summed E-state index contributed by atoms with van der Waals surface area (Å²) < 4.78 is 0. The molecule has 0 fully saturated rings. The van der Waals surface area contributed by atoms with E-state index in [9.17, 15) is 0 Å². The maximum atomic E-state index is 3.63. The number of hydrogen-bond donors (Lipinski definition) is 1. The molecule has 0 bridgehead atoms. The van der Waals surface area contributed by atoms with Crippen LogP contribution in [0.4, 0.5) is 0 Å². The molecule has 0 aliphatic heterocycles. The molecule has 0 radical (unpaired) electrons. The lowest BCUT2D eigenvalue weighted by atomic mass is 10.1. The second-order valence-electron chi connectivity index (χ2n) is 5.09. The predicted octanol–water partition coefficient (Wildman–Crippen LogP) is 4.03. The van der Waals surface area contributed by atoms with E-state index < -0.39 is 0 Å². The maximum absolute atomic E-state index is 3.63. The highest BCUT2D eigenvalue weighted by Crippen LogP contribution is 2.45. The summed E-state index contributed by atoms with van der Waals surface area (Å²) >= 11 is 0. The first kappa shape index (κ1) is 10.8. The van der Waals surface area contributed by atoms with Gasteiger partial charge in [-0.05, 0) is 27.5 Å². The highest BCUT2D eigenvalue weighted by Gasteiger charge is 2.33. The van der Waals surface area contributed by atoms with Gasteiger partial charge in [0.1, 0.15) is 0 Å². The Morgan fingerprint density at radius 1 is 0.789 bits per heavy atom. The molecule has 0 spiro atoms. The van der Waals surface area contributed by atoms with Crippen LogP contribution in [0.1, 0.15) is 22.7 Å². The van der Waals surface area contributed by atoms with Crippen LogP contribution in [-0.2, 0) is 6.54 Å². The Hall–Kier alpha value is -2.12. The molecule has 0 heterocycles. The zero-order valence-electron chi connectivity index (χ0n) is 10.6. The van der Waals surface area contributed by atoms with Crippen molar-refractivity contribution in [1.29, 1.82) is 0 Å². The predicted molar refractivity (Wildman–Crippen MR) is 79.1 cm³/mol. The molecular formula is C18H15N. The summed E-state index contributed by atoms with van der Waals surface area (Å²) in [5, 5.41) is 6.36. The monoisotopic (exact) mass is 245 g/mol. The van der Waals surface area contributed by atoms with Gasteiger partial charge in [-0.3, -0.25) is 0 Å². The van der Waals surface area contributed by atoms with Crippen molar-refractivity contribution >= 4 is 10.8 Å². The van der Waals surface area contributed by atoms with E-state index in [1.165, 1.54) is 27.5 Å². The molecule has 0 saturated heterocycles. The van der Waals surface area contributed by atoms with Crippen LogP contribution in [-0.4, -0.2) is 0 Å². The lowest BCUT2D eigenvalue weighted by molar-refractivity contribution is 0.681. The summed E-state index contributed by atoms with van der Waals surface area (Å²) in [4.78, 5) is 0. The minimum Gasteiger partial charge on any atom is -0.302 e. The van der Waals surface area contributed by atoms with Crippen LogP contribution >= 0.6 is 0 Å². The van der Waals surface area contributed by atoms with Gasteiger partial charge in [0.15, 0.2) is 0 Å². The fourth-order valence-corrected chi connectivity index (χ4v) is 2.83. The summed E-state index contributed by atoms with van der Waals surface area (Å²) in [5.74, 6) is 0. The SMILES string of the molecule is c1ccc(CNC2c3ccc4ccccc4c32)cc1. The molecule has 1 N–H and O–H groups in total. The van der Waals surface area contributed by atoms with E-state index in [2.05, 4.69) is 72.0 Å². The Morgan fingerprint density at radius 3 is 2.47 bits per heavy atom. The molecule has 1 nitrogen and oxygen atoms in total. The third-order valence-electron chi connectivity index (χ3n) is 3.87. The van der Waals surface area contributed by atoms with E-state index >= 15 is 0 Å². The largest absolute Gasteiger partial charge is 0.302 e. The Labute approximate surface area is 112 Å². The Morgan fingerprint density at radius 2 is 1.58 bits per heavy atom. The van der Waals surface area contributed by atoms with Crippen molar-refractivity contribution < 1.29 is 0 Å². The van der Waals surface area contributed by atoms with Crippen molar-refractivity contribution in [1.82, 2.24) is 5.32 Å². The molecule has 4 rings (SSSR count). The molecule has 19 heavy (non-hydrogen) atoms. The number of benzene rings is 3. The average Bonchev–Trinajstić information content (AvgIpc) is 3.20. The van der Waals surface area contributed by atoms with E-state index in [1.54, 1.807) is 0 Å². The van der Waals surface area contributed by atoms with Gasteiger partial charge in [-0.25, -0.2) is 0 Å². The van der Waals surface area contributed by atoms with Gasteiger partial charge >= 0.3 is 0 Å². The summed E-state index contributed by atoms with van der Waals surface area (Å²) in [5.41, 5.74) is 4.27. The second kappa shape index (κ2) is 4.22. The molecule has 0 saturated carbocycles. The molecule has 1 unspecified atom stereocenters. The normalized spacial score (nSPS) is 16.3. The minimum atomic E-state index is 0.445. The van der Waals surface area contributed by atoms with Gasteiger partial charge in [-0.15, -0.1) is 0 Å². The quantitative estimate of drug-likeness (QED) is 0.734. The zero-order chi connectivity index (χ0) is 12.7. The van der Waals surface area contributed by atoms with Crippen LogP contribution in [0.3, 0.4) is 0 Å². The maximum Gasteiger partial charge on any atom is 0.0592 e. The van der Waals surface area contributed by atoms with E-state index in [-0.39, 0.29) is 0 Å². The van der Waals surface area contributed by atoms with Crippen molar-refractivity contribution in [3.8, 4) is 0 Å². The van der Waals surface area contributed by atoms with Gasteiger partial charge in [0.2, 0.25) is 0 Å². The molecule has 3 aromatic rings. The highest BCUT2D eigenvalue weighted by atomic mass is 14.9. The molecule has 1 aliphatic carbocycles. The standard InChI is InChI=1S/C18H15N/c1-2-6-13(7-3-1)12-19-18-16-11-10-14-8-4-5-9-15(14)17(16)18/h1-11,18-19H,12H2. The van der Waals surface area contributed by atoms with E-state index in [0.717, 1.165) is 6.54 Å². The first-order valence-electron chi connectivity index (χ1n) is 6.72. The van der Waals surface area contributed by atoms with E-state index in [0.29, 0.717) is 6.04 Å². The lowest BCUT2D eigenvalue weighted by Gasteiger charge is -2.02. The number of hydrogen-bond acceptors (Lipinski definition) is 1. The summed E-state index contributed by atoms with van der Waals surface area (Å²) in [6.45, 7) is 0.925. The molecule has 92 valence electrons. The van der Waals surface area contributed by atoms with Gasteiger partial charge in [-0.2, -0.15) is 0 Å². The molecule has 0 amide bonds. The van der Waals surface area contributed by atoms with Crippen molar-refractivity contribution in [3.05, 3.63) is 83.4 Å². The Bertz CT molecular complexity index is 731. The summed E-state index contributed by atoms with van der Waals surface area (Å²) in [7, 11) is 0. The average molecular weight is 245 g/mol. The number of nitrogens with one attached hydrogen (secondary N) is 1. The molecule has 1 atom stereocenters. The van der Waals surface area contributed by atoms with Crippen LogP contribution in [0.2, 0.25) is 0 Å². The van der Waals surface area contributed by atoms with Gasteiger partial charge in [0, 0.05) is 6.54 Å². The topological polar surface area (TPSA) is 12.0 Å². The summed E-state index contributed by atoms with van der Waals surface area (Å²) in [6.07, 6.45) is 0. The first-order chi connectivity index (χ1) is 9.43. The second-order valence-corrected chi connectivity index (χ2v) is 5.09. The van der Waals surface area contributed by atoms with Crippen LogP contribution in [0, 0.1) is 0 Å². The number of fused-ring (bicyclic) bond motifs is 3. The Kier molecular flexibility index (Phi) is 2.39. The first-order valence-corrected chi connectivity index (χ1v) is 6.72. The zero-order valence-corrected chi connectivity index (χ0v) is 10.6. The van der Waals surface area contributed by atoms with E-state index in [4.69, 9.17) is 0 Å². The van der Waals surface area contributed by atoms with Crippen LogP contribution in [0.5, 0.6) is 0 Å². The summed E-state index contributed by atoms with van der Waals surface area (Å²) in [6, 6.07) is 24.1. The molecule has 1 aliphatic rings. The van der Waals surface area contributed by atoms with Crippen molar-refractivity contribution in [2.24, 2.45) is 0 Å². The molecular weight excluding hydrogens is 230 g/mol. The highest BCUT2D eigenvalue weighted by molar-refractivity contribution is 5.92. The van der Waals surface area contributed by atoms with Crippen molar-refractivity contribution in [2.75, 3.05) is 0 Å². The van der Waals surface area contributed by atoms with Gasteiger partial charge in [0.05, 0.1) is 6.04 Å².